The molecule has 0 aromatic heterocycles. The molecule has 3 rings (SSSR count). The van der Waals surface area contributed by atoms with E-state index in [1.807, 2.05) is 23.1 Å². The number of carbonyl (C=O) groups is 1. The molecule has 0 unspecified atom stereocenters. The maximum Gasteiger partial charge on any atom is 0.260 e. The number of piperidine rings is 1. The first-order valence-corrected chi connectivity index (χ1v) is 8.68. The fourth-order valence-electron chi connectivity index (χ4n) is 3.33. The van der Waals surface area contributed by atoms with E-state index in [9.17, 15) is 4.79 Å². The van der Waals surface area contributed by atoms with Gasteiger partial charge in [-0.15, -0.1) is 0 Å². The molecule has 0 saturated carbocycles. The van der Waals surface area contributed by atoms with Crippen LogP contribution in [-0.2, 0) is 19.7 Å². The predicted octanol–water partition coefficient (Wildman–Crippen LogP) is 2.73. The minimum Gasteiger partial charge on any atom is -0.483 e. The maximum atomic E-state index is 12.5. The minimum atomic E-state index is -0.448. The summed E-state index contributed by atoms with van der Waals surface area (Å²) in [5, 5.41) is 0. The molecule has 1 aromatic carbocycles. The Balaban J connectivity index is 1.55. The van der Waals surface area contributed by atoms with Crippen LogP contribution in [0.5, 0.6) is 5.75 Å². The Morgan fingerprint density at radius 1 is 1.17 bits per heavy atom. The van der Waals surface area contributed by atoms with Gasteiger partial charge in [0, 0.05) is 25.9 Å². The Morgan fingerprint density at radius 2 is 1.79 bits per heavy atom. The van der Waals surface area contributed by atoms with Crippen molar-refractivity contribution in [1.29, 1.82) is 0 Å². The van der Waals surface area contributed by atoms with Gasteiger partial charge in [0.05, 0.1) is 13.2 Å². The average molecular weight is 333 g/mol. The molecule has 1 amide bonds. The van der Waals surface area contributed by atoms with Crippen molar-refractivity contribution in [3.05, 3.63) is 29.8 Å². The molecule has 0 radical (unpaired) electrons. The normalized spacial score (nSPS) is 20.4. The van der Waals surface area contributed by atoms with Crippen LogP contribution >= 0.6 is 0 Å². The number of hydrogen-bond donors (Lipinski definition) is 0. The molecule has 2 aliphatic heterocycles. The predicted molar refractivity (Wildman–Crippen MR) is 91.1 cm³/mol. The number of para-hydroxylation sites is 1. The largest absolute Gasteiger partial charge is 0.483 e. The van der Waals surface area contributed by atoms with Crippen LogP contribution in [0.25, 0.3) is 0 Å². The molecule has 0 bridgehead atoms. The molecule has 2 fully saturated rings. The molecule has 2 saturated heterocycles. The number of hydrogen-bond acceptors (Lipinski definition) is 4. The fraction of sp³-hybridized carbons (Fsp3) is 0.632. The van der Waals surface area contributed by atoms with E-state index < -0.39 is 5.79 Å². The third kappa shape index (κ3) is 3.73. The first-order valence-electron chi connectivity index (χ1n) is 8.68. The molecule has 24 heavy (non-hydrogen) atoms. The van der Waals surface area contributed by atoms with Gasteiger partial charge in [-0.1, -0.05) is 39.0 Å². The van der Waals surface area contributed by atoms with Crippen molar-refractivity contribution in [2.24, 2.45) is 0 Å². The van der Waals surface area contributed by atoms with Gasteiger partial charge in [0.15, 0.2) is 12.4 Å². The zero-order chi connectivity index (χ0) is 17.2. The van der Waals surface area contributed by atoms with Crippen LogP contribution in [0.2, 0.25) is 0 Å². The Morgan fingerprint density at radius 3 is 2.42 bits per heavy atom. The van der Waals surface area contributed by atoms with Crippen molar-refractivity contribution in [3.63, 3.8) is 0 Å². The Labute approximate surface area is 143 Å². The zero-order valence-electron chi connectivity index (χ0n) is 14.8. The highest BCUT2D eigenvalue weighted by Crippen LogP contribution is 2.32. The number of nitrogens with zero attached hydrogens (tertiary/aromatic N) is 1. The van der Waals surface area contributed by atoms with E-state index in [0.29, 0.717) is 26.3 Å². The van der Waals surface area contributed by atoms with Gasteiger partial charge in [0.2, 0.25) is 0 Å². The average Bonchev–Trinajstić information content (AvgIpc) is 3.01. The monoisotopic (exact) mass is 333 g/mol. The quantitative estimate of drug-likeness (QED) is 0.853. The van der Waals surface area contributed by atoms with Gasteiger partial charge in [0.25, 0.3) is 5.91 Å². The summed E-state index contributed by atoms with van der Waals surface area (Å²) in [4.78, 5) is 14.3. The van der Waals surface area contributed by atoms with Crippen molar-refractivity contribution in [1.82, 2.24) is 4.90 Å². The summed E-state index contributed by atoms with van der Waals surface area (Å²) >= 11 is 0. The summed E-state index contributed by atoms with van der Waals surface area (Å²) in [7, 11) is 0. The number of benzene rings is 1. The van der Waals surface area contributed by atoms with E-state index >= 15 is 0 Å². The number of likely N-dealkylation sites (tertiary alicyclic amines) is 1. The van der Waals surface area contributed by atoms with Crippen LogP contribution in [0.4, 0.5) is 0 Å². The van der Waals surface area contributed by atoms with E-state index in [-0.39, 0.29) is 17.9 Å². The summed E-state index contributed by atoms with van der Waals surface area (Å²) in [6, 6.07) is 7.92. The molecule has 2 heterocycles. The van der Waals surface area contributed by atoms with Gasteiger partial charge in [-0.3, -0.25) is 4.79 Å². The van der Waals surface area contributed by atoms with E-state index in [0.717, 1.165) is 24.2 Å². The summed E-state index contributed by atoms with van der Waals surface area (Å²) < 4.78 is 17.2. The summed E-state index contributed by atoms with van der Waals surface area (Å²) in [5.41, 5.74) is 1.09. The van der Waals surface area contributed by atoms with Crippen LogP contribution < -0.4 is 4.74 Å². The second-order valence-corrected chi connectivity index (χ2v) is 7.52. The van der Waals surface area contributed by atoms with Crippen molar-refractivity contribution < 1.29 is 19.0 Å². The molecule has 1 aromatic rings. The molecule has 0 atom stereocenters. The lowest BCUT2D eigenvalue weighted by Gasteiger charge is -2.37. The molecular formula is C19H27NO4. The zero-order valence-corrected chi connectivity index (χ0v) is 14.8. The van der Waals surface area contributed by atoms with E-state index in [2.05, 4.69) is 26.8 Å². The standard InChI is InChI=1S/C19H27NO4/c1-18(2,3)15-6-4-5-7-16(15)22-14-17(21)20-10-8-19(9-11-20)23-12-13-24-19/h4-7H,8-14H2,1-3H3. The lowest BCUT2D eigenvalue weighted by atomic mass is 9.86. The number of carbonyl (C=O) groups excluding carboxylic acids is 1. The van der Waals surface area contributed by atoms with Crippen LogP contribution in [0.1, 0.15) is 39.2 Å². The topological polar surface area (TPSA) is 48.0 Å². The van der Waals surface area contributed by atoms with Gasteiger partial charge >= 0.3 is 0 Å². The Kier molecular flexibility index (Phi) is 4.83. The van der Waals surface area contributed by atoms with Crippen molar-refractivity contribution in [2.75, 3.05) is 32.9 Å². The van der Waals surface area contributed by atoms with Crippen molar-refractivity contribution in [2.45, 2.75) is 44.8 Å². The smallest absolute Gasteiger partial charge is 0.260 e. The molecule has 1 spiro atoms. The van der Waals surface area contributed by atoms with E-state index in [4.69, 9.17) is 14.2 Å². The second kappa shape index (κ2) is 6.73. The van der Waals surface area contributed by atoms with Crippen LogP contribution in [0.15, 0.2) is 24.3 Å². The number of rotatable bonds is 3. The van der Waals surface area contributed by atoms with Crippen LogP contribution in [0, 0.1) is 0 Å². The van der Waals surface area contributed by atoms with E-state index in [1.165, 1.54) is 0 Å². The van der Waals surface area contributed by atoms with E-state index in [1.54, 1.807) is 0 Å². The molecule has 5 heteroatoms. The molecular weight excluding hydrogens is 306 g/mol. The van der Waals surface area contributed by atoms with Gasteiger partial charge in [0.1, 0.15) is 5.75 Å². The molecule has 2 aliphatic rings. The van der Waals surface area contributed by atoms with Crippen molar-refractivity contribution in [3.8, 4) is 5.75 Å². The van der Waals surface area contributed by atoms with Crippen LogP contribution in [-0.4, -0.2) is 49.5 Å². The highest BCUT2D eigenvalue weighted by atomic mass is 16.7. The van der Waals surface area contributed by atoms with Gasteiger partial charge < -0.3 is 19.1 Å². The molecule has 5 nitrogen and oxygen atoms in total. The summed E-state index contributed by atoms with van der Waals surface area (Å²) in [6.45, 7) is 9.11. The molecule has 0 N–H and O–H groups in total. The van der Waals surface area contributed by atoms with Gasteiger partial charge in [-0.2, -0.15) is 0 Å². The van der Waals surface area contributed by atoms with Crippen LogP contribution in [0.3, 0.4) is 0 Å². The molecule has 132 valence electrons. The van der Waals surface area contributed by atoms with Crippen molar-refractivity contribution >= 4 is 5.91 Å². The first kappa shape index (κ1) is 17.2. The highest BCUT2D eigenvalue weighted by molar-refractivity contribution is 5.78. The maximum absolute atomic E-state index is 12.5. The SMILES string of the molecule is CC(C)(C)c1ccccc1OCC(=O)N1CCC2(CC1)OCCO2. The third-order valence-electron chi connectivity index (χ3n) is 4.74. The highest BCUT2D eigenvalue weighted by Gasteiger charge is 2.40. The summed E-state index contributed by atoms with van der Waals surface area (Å²) in [5.74, 6) is 0.358. The molecule has 0 aliphatic carbocycles. The Hall–Kier alpha value is -1.59. The third-order valence-corrected chi connectivity index (χ3v) is 4.74. The van der Waals surface area contributed by atoms with Gasteiger partial charge in [-0.25, -0.2) is 0 Å². The Bertz CT molecular complexity index is 577. The van der Waals surface area contributed by atoms with Gasteiger partial charge in [-0.05, 0) is 17.0 Å². The lowest BCUT2D eigenvalue weighted by Crippen LogP contribution is -2.48. The number of amides is 1. The second-order valence-electron chi connectivity index (χ2n) is 7.52. The first-order chi connectivity index (χ1) is 11.4. The lowest BCUT2D eigenvalue weighted by molar-refractivity contribution is -0.187. The minimum absolute atomic E-state index is 0.0195. The number of ether oxygens (including phenoxy) is 3. The summed E-state index contributed by atoms with van der Waals surface area (Å²) in [6.07, 6.45) is 1.47. The fourth-order valence-corrected chi connectivity index (χ4v) is 3.33.